The lowest BCUT2D eigenvalue weighted by Gasteiger charge is -1.98. The predicted molar refractivity (Wildman–Crippen MR) is 107 cm³/mol. The zero-order chi connectivity index (χ0) is 17.2. The molecule has 0 heterocycles. The Labute approximate surface area is 146 Å². The van der Waals surface area contributed by atoms with E-state index in [4.69, 9.17) is 0 Å². The van der Waals surface area contributed by atoms with Crippen molar-refractivity contribution in [3.8, 4) is 0 Å². The van der Waals surface area contributed by atoms with Crippen LogP contribution in [0.15, 0.2) is 91.0 Å². The van der Waals surface area contributed by atoms with Crippen LogP contribution in [0, 0.1) is 13.8 Å². The summed E-state index contributed by atoms with van der Waals surface area (Å²) in [5.41, 5.74) is 3.98. The summed E-state index contributed by atoms with van der Waals surface area (Å²) in [5, 5.41) is 2.68. The average molecular weight is 314 g/mol. The zero-order valence-corrected chi connectivity index (χ0v) is 14.9. The summed E-state index contributed by atoms with van der Waals surface area (Å²) in [6, 6.07) is 31.7. The molecule has 0 aliphatic heterocycles. The first-order chi connectivity index (χ1) is 11.7. The van der Waals surface area contributed by atoms with Crippen LogP contribution in [-0.2, 0) is 6.42 Å². The predicted octanol–water partition coefficient (Wildman–Crippen LogP) is 6.83. The summed E-state index contributed by atoms with van der Waals surface area (Å²) >= 11 is 0. The number of hydrogen-bond donors (Lipinski definition) is 0. The van der Waals surface area contributed by atoms with Crippen LogP contribution in [0.3, 0.4) is 0 Å². The molecule has 0 heteroatoms. The van der Waals surface area contributed by atoms with Crippen molar-refractivity contribution in [2.75, 3.05) is 0 Å². The summed E-state index contributed by atoms with van der Waals surface area (Å²) in [5.74, 6) is 0. The van der Waals surface area contributed by atoms with E-state index in [1.54, 1.807) is 0 Å². The summed E-state index contributed by atoms with van der Waals surface area (Å²) in [7, 11) is 0. The SMILES string of the molecule is CCc1cccccc(C)ccc1.Cc1cccc2ccccc12. The van der Waals surface area contributed by atoms with Gasteiger partial charge in [-0.3, -0.25) is 0 Å². The molecular weight excluding hydrogens is 288 g/mol. The first kappa shape index (κ1) is 17.7. The number of fused-ring (bicyclic) bond motifs is 1. The highest BCUT2D eigenvalue weighted by molar-refractivity contribution is 5.85. The largest absolute Gasteiger partial charge is 0.0622 e. The van der Waals surface area contributed by atoms with Crippen molar-refractivity contribution in [3.05, 3.63) is 108 Å². The van der Waals surface area contributed by atoms with E-state index >= 15 is 0 Å². The summed E-state index contributed by atoms with van der Waals surface area (Å²) in [4.78, 5) is 0. The highest BCUT2D eigenvalue weighted by atomic mass is 14.0. The summed E-state index contributed by atoms with van der Waals surface area (Å²) in [6.45, 7) is 6.41. The molecule has 0 radical (unpaired) electrons. The summed E-state index contributed by atoms with van der Waals surface area (Å²) in [6.07, 6.45) is 1.08. The van der Waals surface area contributed by atoms with Crippen molar-refractivity contribution < 1.29 is 0 Å². The van der Waals surface area contributed by atoms with Gasteiger partial charge < -0.3 is 0 Å². The molecule has 0 nitrogen and oxygen atoms in total. The molecular formula is C24H26. The molecule has 0 unspecified atom stereocenters. The second-order valence-corrected chi connectivity index (χ2v) is 5.90. The quantitative estimate of drug-likeness (QED) is 0.462. The van der Waals surface area contributed by atoms with Gasteiger partial charge in [-0.25, -0.2) is 0 Å². The Hall–Kier alpha value is -2.60. The minimum Gasteiger partial charge on any atom is -0.0622 e. The molecule has 0 aliphatic rings. The first-order valence-corrected chi connectivity index (χ1v) is 8.54. The van der Waals surface area contributed by atoms with E-state index < -0.39 is 0 Å². The van der Waals surface area contributed by atoms with Crippen LogP contribution < -0.4 is 0 Å². The van der Waals surface area contributed by atoms with Crippen LogP contribution in [0.5, 0.6) is 0 Å². The first-order valence-electron chi connectivity index (χ1n) is 8.54. The Morgan fingerprint density at radius 2 is 1.17 bits per heavy atom. The van der Waals surface area contributed by atoms with Gasteiger partial charge >= 0.3 is 0 Å². The Morgan fingerprint density at radius 3 is 1.96 bits per heavy atom. The van der Waals surface area contributed by atoms with Crippen LogP contribution in [0.1, 0.15) is 23.6 Å². The molecule has 24 heavy (non-hydrogen) atoms. The molecule has 3 aromatic carbocycles. The van der Waals surface area contributed by atoms with Crippen LogP contribution >= 0.6 is 0 Å². The molecule has 0 amide bonds. The highest BCUT2D eigenvalue weighted by Crippen LogP contribution is 2.16. The van der Waals surface area contributed by atoms with Crippen molar-refractivity contribution in [1.29, 1.82) is 0 Å². The van der Waals surface area contributed by atoms with Gasteiger partial charge in [-0.15, -0.1) is 0 Å². The Kier molecular flexibility index (Phi) is 7.04. The fraction of sp³-hybridized carbons (Fsp3) is 0.167. The van der Waals surface area contributed by atoms with Crippen molar-refractivity contribution in [3.63, 3.8) is 0 Å². The third kappa shape index (κ3) is 5.55. The topological polar surface area (TPSA) is 0 Å². The standard InChI is InChI=1S/C13H16.C11H10/c1-3-13-10-6-4-5-8-12(2)9-7-11-13;1-9-5-4-7-10-6-2-3-8-11(9)10/h4-11H,3H2,1-2H3;2-8H,1H3. The van der Waals surface area contributed by atoms with Crippen LogP contribution in [0.2, 0.25) is 0 Å². The van der Waals surface area contributed by atoms with E-state index in [0.29, 0.717) is 0 Å². The molecule has 0 spiro atoms. The number of aryl methyl sites for hydroxylation is 3. The maximum atomic E-state index is 2.17. The van der Waals surface area contributed by atoms with E-state index in [1.165, 1.54) is 27.5 Å². The van der Waals surface area contributed by atoms with Gasteiger partial charge in [0, 0.05) is 0 Å². The van der Waals surface area contributed by atoms with Crippen LogP contribution in [0.4, 0.5) is 0 Å². The third-order valence-corrected chi connectivity index (χ3v) is 3.98. The average Bonchev–Trinajstić information content (AvgIpc) is 2.61. The molecule has 0 saturated carbocycles. The van der Waals surface area contributed by atoms with Crippen LogP contribution in [0.25, 0.3) is 10.8 Å². The van der Waals surface area contributed by atoms with Crippen LogP contribution in [-0.4, -0.2) is 0 Å². The fourth-order valence-electron chi connectivity index (χ4n) is 2.51. The zero-order valence-electron chi connectivity index (χ0n) is 14.9. The maximum absolute atomic E-state index is 2.17. The Balaban J connectivity index is 0.000000175. The van der Waals surface area contributed by atoms with Gasteiger partial charge in [-0.05, 0) is 42.2 Å². The molecule has 0 N–H and O–H groups in total. The minimum absolute atomic E-state index is 1.08. The van der Waals surface area contributed by atoms with E-state index in [9.17, 15) is 0 Å². The second kappa shape index (κ2) is 9.52. The van der Waals surface area contributed by atoms with Gasteiger partial charge in [-0.2, -0.15) is 0 Å². The fourth-order valence-corrected chi connectivity index (χ4v) is 2.51. The number of benzene rings is 2. The summed E-state index contributed by atoms with van der Waals surface area (Å²) < 4.78 is 0. The lowest BCUT2D eigenvalue weighted by molar-refractivity contribution is 1.14. The van der Waals surface area contributed by atoms with E-state index in [1.807, 2.05) is 0 Å². The minimum atomic E-state index is 1.08. The van der Waals surface area contributed by atoms with Gasteiger partial charge in [0.25, 0.3) is 0 Å². The molecule has 0 bridgehead atoms. The van der Waals surface area contributed by atoms with E-state index in [2.05, 4.69) is 112 Å². The van der Waals surface area contributed by atoms with Crippen molar-refractivity contribution in [2.24, 2.45) is 0 Å². The third-order valence-electron chi connectivity index (χ3n) is 3.98. The number of hydrogen-bond acceptors (Lipinski definition) is 0. The molecule has 3 rings (SSSR count). The monoisotopic (exact) mass is 314 g/mol. The van der Waals surface area contributed by atoms with Gasteiger partial charge in [-0.1, -0.05) is 103 Å². The van der Waals surface area contributed by atoms with Gasteiger partial charge in [0.2, 0.25) is 0 Å². The van der Waals surface area contributed by atoms with Crippen molar-refractivity contribution in [1.82, 2.24) is 0 Å². The highest BCUT2D eigenvalue weighted by Gasteiger charge is 1.92. The smallest absolute Gasteiger partial charge is 0.0155 e. The Bertz CT molecular complexity index is 824. The molecule has 3 aromatic rings. The molecule has 122 valence electrons. The molecule has 0 fully saturated rings. The lowest BCUT2D eigenvalue weighted by atomic mass is 10.1. The van der Waals surface area contributed by atoms with E-state index in [-0.39, 0.29) is 0 Å². The van der Waals surface area contributed by atoms with Gasteiger partial charge in [0.05, 0.1) is 0 Å². The second-order valence-electron chi connectivity index (χ2n) is 5.90. The molecule has 0 aliphatic carbocycles. The van der Waals surface area contributed by atoms with E-state index in [0.717, 1.165) is 6.42 Å². The van der Waals surface area contributed by atoms with Crippen molar-refractivity contribution >= 4 is 10.8 Å². The van der Waals surface area contributed by atoms with Gasteiger partial charge in [0.1, 0.15) is 0 Å². The van der Waals surface area contributed by atoms with Gasteiger partial charge in [0.15, 0.2) is 0 Å². The number of rotatable bonds is 1. The maximum Gasteiger partial charge on any atom is -0.0155 e. The van der Waals surface area contributed by atoms with Crippen molar-refractivity contribution in [2.45, 2.75) is 27.2 Å². The molecule has 0 aromatic heterocycles. The molecule has 0 saturated heterocycles. The Morgan fingerprint density at radius 1 is 0.583 bits per heavy atom. The molecule has 0 atom stereocenters. The normalized spacial score (nSPS) is 9.62. The lowest BCUT2D eigenvalue weighted by Crippen LogP contribution is -1.75.